The zero-order valence-electron chi connectivity index (χ0n) is 10.3. The van der Waals surface area contributed by atoms with Gasteiger partial charge in [0, 0.05) is 22.6 Å². The maximum absolute atomic E-state index is 6.13. The molecule has 2 rings (SSSR count). The highest BCUT2D eigenvalue weighted by Crippen LogP contribution is 2.33. The van der Waals surface area contributed by atoms with Crippen molar-refractivity contribution in [2.45, 2.75) is 57.2 Å². The molecule has 1 aliphatic rings. The smallest absolute Gasteiger partial charge is 0.0931 e. The maximum atomic E-state index is 6.13. The molecule has 16 heavy (non-hydrogen) atoms. The van der Waals surface area contributed by atoms with Crippen LogP contribution in [0.1, 0.15) is 50.7 Å². The number of rotatable bonds is 2. The standard InChI is InChI=1S/C13H20ClNS/c1-13(2,3)11-8-16-12(15-11)7-9-4-5-10(14)6-9/h8-10H,4-7H2,1-3H3. The first-order chi connectivity index (χ1) is 7.45. The number of hydrogen-bond donors (Lipinski definition) is 0. The Hall–Kier alpha value is -0.0800. The van der Waals surface area contributed by atoms with Crippen LogP contribution in [0.25, 0.3) is 0 Å². The SMILES string of the molecule is CC(C)(C)c1csc(CC2CCC(Cl)C2)n1. The van der Waals surface area contributed by atoms with E-state index in [0.717, 1.165) is 12.3 Å². The second-order valence-electron chi connectivity index (χ2n) is 5.86. The van der Waals surface area contributed by atoms with Crippen molar-refractivity contribution in [2.75, 3.05) is 0 Å². The van der Waals surface area contributed by atoms with Gasteiger partial charge in [0.15, 0.2) is 0 Å². The summed E-state index contributed by atoms with van der Waals surface area (Å²) in [6, 6.07) is 0. The Morgan fingerprint density at radius 2 is 2.19 bits per heavy atom. The minimum absolute atomic E-state index is 0.180. The van der Waals surface area contributed by atoms with Crippen LogP contribution < -0.4 is 0 Å². The van der Waals surface area contributed by atoms with E-state index < -0.39 is 0 Å². The van der Waals surface area contributed by atoms with E-state index in [-0.39, 0.29) is 5.41 Å². The molecule has 3 heteroatoms. The Balaban J connectivity index is 1.98. The lowest BCUT2D eigenvalue weighted by atomic mass is 9.93. The van der Waals surface area contributed by atoms with Crippen LogP contribution in [-0.4, -0.2) is 10.4 Å². The van der Waals surface area contributed by atoms with Gasteiger partial charge in [-0.3, -0.25) is 0 Å². The van der Waals surface area contributed by atoms with Gasteiger partial charge in [0.05, 0.1) is 10.7 Å². The van der Waals surface area contributed by atoms with Gasteiger partial charge >= 0.3 is 0 Å². The van der Waals surface area contributed by atoms with E-state index in [1.807, 2.05) is 11.3 Å². The number of alkyl halides is 1. The highest BCUT2D eigenvalue weighted by molar-refractivity contribution is 7.09. The monoisotopic (exact) mass is 257 g/mol. The van der Waals surface area contributed by atoms with Crippen LogP contribution in [0.2, 0.25) is 0 Å². The van der Waals surface area contributed by atoms with Crippen molar-refractivity contribution in [1.82, 2.24) is 4.98 Å². The van der Waals surface area contributed by atoms with E-state index in [2.05, 4.69) is 26.2 Å². The molecule has 0 saturated heterocycles. The van der Waals surface area contributed by atoms with Crippen molar-refractivity contribution in [3.63, 3.8) is 0 Å². The first-order valence-corrected chi connectivity index (χ1v) is 7.35. The summed E-state index contributed by atoms with van der Waals surface area (Å²) in [7, 11) is 0. The summed E-state index contributed by atoms with van der Waals surface area (Å²) in [5, 5.41) is 3.91. The minimum Gasteiger partial charge on any atom is -0.246 e. The summed E-state index contributed by atoms with van der Waals surface area (Å²) in [5.74, 6) is 0.765. The number of thiazole rings is 1. The van der Waals surface area contributed by atoms with Crippen LogP contribution in [0.4, 0.5) is 0 Å². The van der Waals surface area contributed by atoms with Crippen molar-refractivity contribution in [2.24, 2.45) is 5.92 Å². The molecule has 0 bridgehead atoms. The Labute approximate surface area is 107 Å². The Morgan fingerprint density at radius 1 is 1.44 bits per heavy atom. The van der Waals surface area contributed by atoms with E-state index in [1.54, 1.807) is 0 Å². The molecule has 2 atom stereocenters. The third kappa shape index (κ3) is 2.98. The zero-order chi connectivity index (χ0) is 11.8. The zero-order valence-corrected chi connectivity index (χ0v) is 11.9. The molecule has 0 spiro atoms. The quantitative estimate of drug-likeness (QED) is 0.716. The summed E-state index contributed by atoms with van der Waals surface area (Å²) in [4.78, 5) is 4.75. The normalized spacial score (nSPS) is 26.2. The lowest BCUT2D eigenvalue weighted by Crippen LogP contribution is -2.11. The minimum atomic E-state index is 0.180. The fourth-order valence-corrected chi connectivity index (χ4v) is 3.71. The fourth-order valence-electron chi connectivity index (χ4n) is 2.20. The molecule has 90 valence electrons. The van der Waals surface area contributed by atoms with Crippen LogP contribution in [-0.2, 0) is 11.8 Å². The molecule has 0 amide bonds. The molecular weight excluding hydrogens is 238 g/mol. The molecule has 1 aromatic rings. The van der Waals surface area contributed by atoms with Crippen LogP contribution in [0, 0.1) is 5.92 Å². The molecule has 1 aromatic heterocycles. The Morgan fingerprint density at radius 3 is 2.69 bits per heavy atom. The van der Waals surface area contributed by atoms with Crippen LogP contribution >= 0.6 is 22.9 Å². The number of aromatic nitrogens is 1. The molecule has 1 heterocycles. The van der Waals surface area contributed by atoms with Gasteiger partial charge in [-0.25, -0.2) is 4.98 Å². The first-order valence-electron chi connectivity index (χ1n) is 6.04. The van der Waals surface area contributed by atoms with Crippen molar-refractivity contribution in [3.8, 4) is 0 Å². The molecule has 0 aromatic carbocycles. The number of nitrogens with zero attached hydrogens (tertiary/aromatic N) is 1. The predicted octanol–water partition coefficient (Wildman–Crippen LogP) is 4.39. The second-order valence-corrected chi connectivity index (χ2v) is 7.42. The fraction of sp³-hybridized carbons (Fsp3) is 0.769. The molecule has 1 nitrogen and oxygen atoms in total. The predicted molar refractivity (Wildman–Crippen MR) is 71.5 cm³/mol. The average molecular weight is 258 g/mol. The third-order valence-electron chi connectivity index (χ3n) is 3.26. The van der Waals surface area contributed by atoms with Crippen LogP contribution in [0.15, 0.2) is 5.38 Å². The van der Waals surface area contributed by atoms with Crippen LogP contribution in [0.3, 0.4) is 0 Å². The molecule has 0 N–H and O–H groups in total. The Bertz CT molecular complexity index is 353. The van der Waals surface area contributed by atoms with E-state index in [9.17, 15) is 0 Å². The highest BCUT2D eigenvalue weighted by atomic mass is 35.5. The number of halogens is 1. The van der Waals surface area contributed by atoms with Gasteiger partial charge in [-0.1, -0.05) is 20.8 Å². The highest BCUT2D eigenvalue weighted by Gasteiger charge is 2.25. The van der Waals surface area contributed by atoms with Gasteiger partial charge in [-0.2, -0.15) is 0 Å². The van der Waals surface area contributed by atoms with Gasteiger partial charge in [-0.15, -0.1) is 22.9 Å². The number of hydrogen-bond acceptors (Lipinski definition) is 2. The van der Waals surface area contributed by atoms with E-state index in [1.165, 1.54) is 30.0 Å². The Kier molecular flexibility index (Phi) is 3.60. The molecular formula is C13H20ClNS. The molecule has 0 radical (unpaired) electrons. The first kappa shape index (κ1) is 12.4. The largest absolute Gasteiger partial charge is 0.246 e. The van der Waals surface area contributed by atoms with Crippen molar-refractivity contribution in [1.29, 1.82) is 0 Å². The molecule has 1 fully saturated rings. The van der Waals surface area contributed by atoms with E-state index in [0.29, 0.717) is 5.38 Å². The molecule has 1 aliphatic carbocycles. The van der Waals surface area contributed by atoms with Gasteiger partial charge in [0.25, 0.3) is 0 Å². The van der Waals surface area contributed by atoms with Crippen molar-refractivity contribution < 1.29 is 0 Å². The molecule has 1 saturated carbocycles. The van der Waals surface area contributed by atoms with Gasteiger partial charge in [0.1, 0.15) is 0 Å². The summed E-state index contributed by atoms with van der Waals surface area (Å²) >= 11 is 7.94. The van der Waals surface area contributed by atoms with Crippen molar-refractivity contribution in [3.05, 3.63) is 16.1 Å². The lowest BCUT2D eigenvalue weighted by molar-refractivity contribution is 0.535. The maximum Gasteiger partial charge on any atom is 0.0931 e. The van der Waals surface area contributed by atoms with Gasteiger partial charge in [-0.05, 0) is 25.2 Å². The second kappa shape index (κ2) is 4.66. The van der Waals surface area contributed by atoms with Crippen molar-refractivity contribution >= 4 is 22.9 Å². The molecule has 2 unspecified atom stereocenters. The van der Waals surface area contributed by atoms with Gasteiger partial charge in [0.2, 0.25) is 0 Å². The summed E-state index contributed by atoms with van der Waals surface area (Å²) in [6.07, 6.45) is 4.76. The average Bonchev–Trinajstić information content (AvgIpc) is 2.74. The summed E-state index contributed by atoms with van der Waals surface area (Å²) in [6.45, 7) is 6.66. The van der Waals surface area contributed by atoms with Gasteiger partial charge < -0.3 is 0 Å². The lowest BCUT2D eigenvalue weighted by Gasteiger charge is -2.14. The van der Waals surface area contributed by atoms with E-state index >= 15 is 0 Å². The molecule has 0 aliphatic heterocycles. The summed E-state index contributed by atoms with van der Waals surface area (Å²) in [5.41, 5.74) is 1.41. The summed E-state index contributed by atoms with van der Waals surface area (Å²) < 4.78 is 0. The van der Waals surface area contributed by atoms with Crippen LogP contribution in [0.5, 0.6) is 0 Å². The topological polar surface area (TPSA) is 12.9 Å². The third-order valence-corrected chi connectivity index (χ3v) is 4.53. The van der Waals surface area contributed by atoms with E-state index in [4.69, 9.17) is 16.6 Å².